The summed E-state index contributed by atoms with van der Waals surface area (Å²) in [6.45, 7) is 0.617. The summed E-state index contributed by atoms with van der Waals surface area (Å²) >= 11 is 0. The first-order valence-corrected chi connectivity index (χ1v) is 7.88. The summed E-state index contributed by atoms with van der Waals surface area (Å²) in [7, 11) is 0. The normalized spacial score (nSPS) is 10.5. The van der Waals surface area contributed by atoms with Crippen molar-refractivity contribution in [1.29, 1.82) is 0 Å². The molecule has 3 aromatic rings. The van der Waals surface area contributed by atoms with E-state index in [1.807, 2.05) is 12.1 Å². The van der Waals surface area contributed by atoms with Gasteiger partial charge in [0.05, 0.1) is 12.3 Å². The molecule has 2 heterocycles. The maximum Gasteiger partial charge on any atom is 0.225 e. The van der Waals surface area contributed by atoms with Crippen LogP contribution in [0.5, 0.6) is 0 Å². The van der Waals surface area contributed by atoms with E-state index in [0.717, 1.165) is 5.56 Å². The highest BCUT2D eigenvalue weighted by atomic mass is 19.1. The molecule has 0 radical (unpaired) electrons. The number of rotatable bonds is 7. The molecule has 0 saturated carbocycles. The average Bonchev–Trinajstić information content (AvgIpc) is 2.66. The minimum Gasteiger partial charge on any atom is -0.395 e. The highest BCUT2D eigenvalue weighted by Gasteiger charge is 2.08. The van der Waals surface area contributed by atoms with Crippen LogP contribution in [0.4, 0.5) is 16.2 Å². The molecule has 0 fully saturated rings. The molecule has 1 aromatic carbocycles. The van der Waals surface area contributed by atoms with E-state index in [1.54, 1.807) is 36.7 Å². The molecule has 3 N–H and O–H groups in total. The molecule has 25 heavy (non-hydrogen) atoms. The zero-order chi connectivity index (χ0) is 17.5. The van der Waals surface area contributed by atoms with Crippen molar-refractivity contribution in [3.63, 3.8) is 0 Å². The van der Waals surface area contributed by atoms with Crippen LogP contribution >= 0.6 is 0 Å². The number of hydrogen-bond donors (Lipinski definition) is 3. The van der Waals surface area contributed by atoms with E-state index >= 15 is 0 Å². The Morgan fingerprint density at radius 1 is 1.00 bits per heavy atom. The molecule has 2 aromatic heterocycles. The summed E-state index contributed by atoms with van der Waals surface area (Å²) in [5.41, 5.74) is 2.14. The van der Waals surface area contributed by atoms with Gasteiger partial charge in [0, 0.05) is 42.7 Å². The molecular weight excluding hydrogens is 321 g/mol. The van der Waals surface area contributed by atoms with Gasteiger partial charge in [-0.15, -0.1) is 0 Å². The Labute approximate surface area is 144 Å². The number of nitrogens with one attached hydrogen (secondary N) is 2. The third-order valence-electron chi connectivity index (χ3n) is 3.51. The molecule has 0 amide bonds. The lowest BCUT2D eigenvalue weighted by atomic mass is 10.2. The summed E-state index contributed by atoms with van der Waals surface area (Å²) in [6.07, 6.45) is 3.37. The Morgan fingerprint density at radius 2 is 1.80 bits per heavy atom. The maximum atomic E-state index is 13.8. The van der Waals surface area contributed by atoms with E-state index in [9.17, 15) is 4.39 Å². The molecule has 0 aliphatic rings. The maximum absolute atomic E-state index is 13.8. The van der Waals surface area contributed by atoms with Crippen LogP contribution in [-0.4, -0.2) is 33.2 Å². The Morgan fingerprint density at radius 3 is 2.56 bits per heavy atom. The minimum atomic E-state index is -0.267. The van der Waals surface area contributed by atoms with Crippen LogP contribution in [0.1, 0.15) is 5.56 Å². The minimum absolute atomic E-state index is 0.0270. The van der Waals surface area contributed by atoms with Crippen LogP contribution in [0.15, 0.2) is 54.9 Å². The van der Waals surface area contributed by atoms with Crippen LogP contribution in [0, 0.1) is 5.82 Å². The number of aliphatic hydroxyl groups excluding tert-OH is 1. The topological polar surface area (TPSA) is 83.0 Å². The Bertz CT molecular complexity index is 829. The van der Waals surface area contributed by atoms with Gasteiger partial charge in [0.25, 0.3) is 0 Å². The summed E-state index contributed by atoms with van der Waals surface area (Å²) < 4.78 is 13.8. The number of anilines is 2. The highest BCUT2D eigenvalue weighted by Crippen LogP contribution is 2.21. The number of halogens is 1. The lowest BCUT2D eigenvalue weighted by molar-refractivity contribution is 0.311. The number of aromatic nitrogens is 3. The van der Waals surface area contributed by atoms with E-state index < -0.39 is 0 Å². The van der Waals surface area contributed by atoms with Gasteiger partial charge in [0.1, 0.15) is 11.6 Å². The largest absolute Gasteiger partial charge is 0.395 e. The molecule has 0 aliphatic heterocycles. The molecule has 6 nitrogen and oxygen atoms in total. The highest BCUT2D eigenvalue weighted by molar-refractivity contribution is 5.63. The van der Waals surface area contributed by atoms with Gasteiger partial charge >= 0.3 is 0 Å². The number of nitrogens with zero attached hydrogens (tertiary/aromatic N) is 3. The van der Waals surface area contributed by atoms with Crippen LogP contribution in [0.25, 0.3) is 11.3 Å². The van der Waals surface area contributed by atoms with Gasteiger partial charge in [0.2, 0.25) is 5.95 Å². The Kier molecular flexibility index (Phi) is 5.48. The summed E-state index contributed by atoms with van der Waals surface area (Å²) in [6, 6.07) is 12.1. The first-order valence-electron chi connectivity index (χ1n) is 7.88. The van der Waals surface area contributed by atoms with E-state index in [1.165, 1.54) is 6.07 Å². The van der Waals surface area contributed by atoms with Crippen molar-refractivity contribution in [3.8, 4) is 11.3 Å². The van der Waals surface area contributed by atoms with Gasteiger partial charge in [-0.25, -0.2) is 9.37 Å². The third-order valence-corrected chi connectivity index (χ3v) is 3.51. The smallest absolute Gasteiger partial charge is 0.225 e. The Balaban J connectivity index is 1.85. The van der Waals surface area contributed by atoms with Gasteiger partial charge in [-0.1, -0.05) is 18.2 Å². The lowest BCUT2D eigenvalue weighted by Gasteiger charge is -2.11. The van der Waals surface area contributed by atoms with Crippen molar-refractivity contribution in [2.45, 2.75) is 6.54 Å². The number of pyridine rings is 1. The van der Waals surface area contributed by atoms with Crippen molar-refractivity contribution < 1.29 is 9.50 Å². The second-order valence-corrected chi connectivity index (χ2v) is 5.29. The molecule has 128 valence electrons. The fourth-order valence-electron chi connectivity index (χ4n) is 2.28. The van der Waals surface area contributed by atoms with Crippen molar-refractivity contribution in [2.24, 2.45) is 0 Å². The fraction of sp³-hybridized carbons (Fsp3) is 0.167. The van der Waals surface area contributed by atoms with E-state index in [0.29, 0.717) is 36.1 Å². The van der Waals surface area contributed by atoms with Gasteiger partial charge in [0.15, 0.2) is 0 Å². The van der Waals surface area contributed by atoms with Crippen LogP contribution in [0.2, 0.25) is 0 Å². The fourth-order valence-corrected chi connectivity index (χ4v) is 2.28. The zero-order valence-corrected chi connectivity index (χ0v) is 13.5. The standard InChI is InChI=1S/C18H18FN5O/c19-15-4-2-1-3-14(15)12-22-17-11-16(13-5-7-20-8-6-13)23-18(24-17)21-9-10-25/h1-8,11,25H,9-10,12H2,(H2,21,22,23,24). The van der Waals surface area contributed by atoms with E-state index in [2.05, 4.69) is 25.6 Å². The predicted octanol–water partition coefficient (Wildman–Crippen LogP) is 2.69. The first-order chi connectivity index (χ1) is 12.3. The van der Waals surface area contributed by atoms with Crippen LogP contribution < -0.4 is 10.6 Å². The van der Waals surface area contributed by atoms with E-state index in [4.69, 9.17) is 5.11 Å². The summed E-state index contributed by atoms with van der Waals surface area (Å²) in [5.74, 6) is 0.682. The second-order valence-electron chi connectivity index (χ2n) is 5.29. The molecule has 3 rings (SSSR count). The molecule has 0 spiro atoms. The van der Waals surface area contributed by atoms with Crippen molar-refractivity contribution >= 4 is 11.8 Å². The molecule has 0 atom stereocenters. The molecule has 7 heteroatoms. The van der Waals surface area contributed by atoms with Gasteiger partial charge in [-0.2, -0.15) is 4.98 Å². The van der Waals surface area contributed by atoms with Gasteiger partial charge in [-0.05, 0) is 18.2 Å². The first kappa shape index (κ1) is 16.8. The van der Waals surface area contributed by atoms with Crippen LogP contribution in [0.3, 0.4) is 0 Å². The molecule has 0 saturated heterocycles. The number of benzene rings is 1. The molecule has 0 bridgehead atoms. The average molecular weight is 339 g/mol. The Hall–Kier alpha value is -3.06. The number of aliphatic hydroxyl groups is 1. The summed E-state index contributed by atoms with van der Waals surface area (Å²) in [4.78, 5) is 12.8. The monoisotopic (exact) mass is 339 g/mol. The third kappa shape index (κ3) is 4.48. The zero-order valence-electron chi connectivity index (χ0n) is 13.5. The SMILES string of the molecule is OCCNc1nc(NCc2ccccc2F)cc(-c2ccncc2)n1. The predicted molar refractivity (Wildman–Crippen MR) is 94.6 cm³/mol. The van der Waals surface area contributed by atoms with Crippen LogP contribution in [-0.2, 0) is 6.54 Å². The molecule has 0 aliphatic carbocycles. The molecular formula is C18H18FN5O. The van der Waals surface area contributed by atoms with Crippen molar-refractivity contribution in [3.05, 3.63) is 66.2 Å². The quantitative estimate of drug-likeness (QED) is 0.614. The van der Waals surface area contributed by atoms with Gasteiger partial charge in [-0.3, -0.25) is 4.98 Å². The second kappa shape index (κ2) is 8.16. The van der Waals surface area contributed by atoms with Gasteiger partial charge < -0.3 is 15.7 Å². The van der Waals surface area contributed by atoms with E-state index in [-0.39, 0.29) is 12.4 Å². The number of hydrogen-bond acceptors (Lipinski definition) is 6. The van der Waals surface area contributed by atoms with Crippen molar-refractivity contribution in [1.82, 2.24) is 15.0 Å². The van der Waals surface area contributed by atoms with Crippen molar-refractivity contribution in [2.75, 3.05) is 23.8 Å². The summed E-state index contributed by atoms with van der Waals surface area (Å²) in [5, 5.41) is 15.1. The molecule has 0 unspecified atom stereocenters. The lowest BCUT2D eigenvalue weighted by Crippen LogP contribution is -2.11.